The molecule has 1 aromatic rings. The van der Waals surface area contributed by atoms with E-state index in [1.54, 1.807) is 6.92 Å². The molecule has 0 aliphatic carbocycles. The van der Waals surface area contributed by atoms with Gasteiger partial charge in [0.25, 0.3) is 5.91 Å². The molecule has 4 nitrogen and oxygen atoms in total. The van der Waals surface area contributed by atoms with E-state index in [0.717, 1.165) is 0 Å². The van der Waals surface area contributed by atoms with Crippen molar-refractivity contribution in [2.24, 2.45) is 0 Å². The van der Waals surface area contributed by atoms with Crippen LogP contribution < -0.4 is 0 Å². The molecule has 1 rings (SSSR count). The average molecular weight is 318 g/mol. The number of carbonyl (C=O) groups excluding carboxylic acids is 2. The molecule has 0 spiro atoms. The van der Waals surface area contributed by atoms with Gasteiger partial charge in [-0.2, -0.15) is 0 Å². The fraction of sp³-hybridized carbons (Fsp3) is 0.333. The first-order chi connectivity index (χ1) is 8.49. The number of amides is 1. The van der Waals surface area contributed by atoms with Gasteiger partial charge < -0.3 is 9.64 Å². The average Bonchev–Trinajstić information content (AvgIpc) is 2.38. The Hall–Kier alpha value is -1.43. The van der Waals surface area contributed by atoms with Crippen LogP contribution in [-0.2, 0) is 9.53 Å². The first-order valence-electron chi connectivity index (χ1n) is 5.30. The van der Waals surface area contributed by atoms with Crippen LogP contribution in [0.25, 0.3) is 0 Å². The van der Waals surface area contributed by atoms with Crippen molar-refractivity contribution >= 4 is 27.8 Å². The van der Waals surface area contributed by atoms with E-state index >= 15 is 0 Å². The normalized spacial score (nSPS) is 10.0. The molecule has 0 atom stereocenters. The van der Waals surface area contributed by atoms with Gasteiger partial charge in [0.15, 0.2) is 0 Å². The van der Waals surface area contributed by atoms with E-state index in [1.807, 2.05) is 0 Å². The van der Waals surface area contributed by atoms with Crippen molar-refractivity contribution in [3.8, 4) is 0 Å². The second-order valence-electron chi connectivity index (χ2n) is 3.52. The van der Waals surface area contributed by atoms with Crippen LogP contribution in [0, 0.1) is 5.82 Å². The number of methoxy groups -OCH3 is 1. The van der Waals surface area contributed by atoms with Crippen molar-refractivity contribution in [2.45, 2.75) is 6.92 Å². The lowest BCUT2D eigenvalue weighted by Gasteiger charge is -2.19. The Morgan fingerprint density at radius 2 is 2.11 bits per heavy atom. The quantitative estimate of drug-likeness (QED) is 0.800. The number of rotatable bonds is 4. The van der Waals surface area contributed by atoms with Gasteiger partial charge in [0, 0.05) is 12.1 Å². The minimum absolute atomic E-state index is 0.124. The van der Waals surface area contributed by atoms with E-state index in [4.69, 9.17) is 0 Å². The van der Waals surface area contributed by atoms with Gasteiger partial charge in [-0.1, -0.05) is 0 Å². The number of likely N-dealkylation sites (N-methyl/N-ethyl adjacent to an activating group) is 1. The molecular formula is C12H13BrFNO3. The highest BCUT2D eigenvalue weighted by atomic mass is 79.9. The van der Waals surface area contributed by atoms with Gasteiger partial charge in [0.05, 0.1) is 11.6 Å². The lowest BCUT2D eigenvalue weighted by Crippen LogP contribution is -2.36. The largest absolute Gasteiger partial charge is 0.468 e. The number of benzene rings is 1. The van der Waals surface area contributed by atoms with E-state index in [9.17, 15) is 14.0 Å². The monoisotopic (exact) mass is 317 g/mol. The molecule has 0 N–H and O–H groups in total. The number of ether oxygens (including phenoxy) is 1. The topological polar surface area (TPSA) is 46.6 Å². The van der Waals surface area contributed by atoms with Gasteiger partial charge in [-0.25, -0.2) is 4.39 Å². The van der Waals surface area contributed by atoms with Crippen molar-refractivity contribution in [1.82, 2.24) is 4.90 Å². The van der Waals surface area contributed by atoms with Gasteiger partial charge in [-0.15, -0.1) is 0 Å². The van der Waals surface area contributed by atoms with Crippen LogP contribution in [0.4, 0.5) is 4.39 Å². The molecule has 98 valence electrons. The fourth-order valence-corrected chi connectivity index (χ4v) is 1.74. The lowest BCUT2D eigenvalue weighted by molar-refractivity contribution is -0.141. The van der Waals surface area contributed by atoms with Crippen LogP contribution in [-0.4, -0.2) is 37.0 Å². The molecule has 6 heteroatoms. The number of hydrogen-bond acceptors (Lipinski definition) is 3. The van der Waals surface area contributed by atoms with Crippen molar-refractivity contribution in [3.05, 3.63) is 34.1 Å². The van der Waals surface area contributed by atoms with Crippen LogP contribution in [0.3, 0.4) is 0 Å². The van der Waals surface area contributed by atoms with Crippen molar-refractivity contribution in [2.75, 3.05) is 20.2 Å². The van der Waals surface area contributed by atoms with Crippen LogP contribution >= 0.6 is 15.9 Å². The maximum Gasteiger partial charge on any atom is 0.325 e. The van der Waals surface area contributed by atoms with Crippen LogP contribution in [0.1, 0.15) is 17.3 Å². The van der Waals surface area contributed by atoms with Crippen molar-refractivity contribution in [3.63, 3.8) is 0 Å². The van der Waals surface area contributed by atoms with Gasteiger partial charge in [-0.3, -0.25) is 9.59 Å². The second-order valence-corrected chi connectivity index (χ2v) is 4.38. The summed E-state index contributed by atoms with van der Waals surface area (Å²) in [5, 5.41) is 0. The smallest absolute Gasteiger partial charge is 0.325 e. The van der Waals surface area contributed by atoms with E-state index < -0.39 is 11.8 Å². The van der Waals surface area contributed by atoms with Crippen molar-refractivity contribution < 1.29 is 18.7 Å². The SMILES string of the molecule is CCN(CC(=O)OC)C(=O)c1ccc(F)c(Br)c1. The highest BCUT2D eigenvalue weighted by Gasteiger charge is 2.18. The second kappa shape index (κ2) is 6.49. The molecule has 0 bridgehead atoms. The predicted molar refractivity (Wildman–Crippen MR) is 67.7 cm³/mol. The highest BCUT2D eigenvalue weighted by molar-refractivity contribution is 9.10. The highest BCUT2D eigenvalue weighted by Crippen LogP contribution is 2.18. The fourth-order valence-electron chi connectivity index (χ4n) is 1.36. The number of halogens is 2. The third-order valence-corrected chi connectivity index (χ3v) is 2.99. The summed E-state index contributed by atoms with van der Waals surface area (Å²) in [5.74, 6) is -1.28. The minimum Gasteiger partial charge on any atom is -0.468 e. The van der Waals surface area contributed by atoms with Crippen LogP contribution in [0.2, 0.25) is 0 Å². The third kappa shape index (κ3) is 3.53. The van der Waals surface area contributed by atoms with E-state index in [2.05, 4.69) is 20.7 Å². The lowest BCUT2D eigenvalue weighted by atomic mass is 10.2. The summed E-state index contributed by atoms with van der Waals surface area (Å²) in [5.41, 5.74) is 0.314. The molecular weight excluding hydrogens is 305 g/mol. The maximum absolute atomic E-state index is 13.1. The van der Waals surface area contributed by atoms with Gasteiger partial charge in [0.1, 0.15) is 12.4 Å². The minimum atomic E-state index is -0.494. The summed E-state index contributed by atoms with van der Waals surface area (Å²) in [6.45, 7) is 1.99. The predicted octanol–water partition coefficient (Wildman–Crippen LogP) is 2.22. The standard InChI is InChI=1S/C12H13BrFNO3/c1-3-15(7-11(16)18-2)12(17)8-4-5-10(14)9(13)6-8/h4-6H,3,7H2,1-2H3. The molecule has 0 radical (unpaired) electrons. The molecule has 0 heterocycles. The van der Waals surface area contributed by atoms with Gasteiger partial charge in [-0.05, 0) is 41.1 Å². The molecule has 0 unspecified atom stereocenters. The molecule has 0 saturated heterocycles. The number of carbonyl (C=O) groups is 2. The van der Waals surface area contributed by atoms with E-state index in [-0.39, 0.29) is 16.9 Å². The van der Waals surface area contributed by atoms with E-state index in [1.165, 1.54) is 30.2 Å². The molecule has 1 aromatic carbocycles. The Morgan fingerprint density at radius 1 is 1.44 bits per heavy atom. The molecule has 18 heavy (non-hydrogen) atoms. The first-order valence-corrected chi connectivity index (χ1v) is 6.10. The zero-order valence-electron chi connectivity index (χ0n) is 10.1. The number of nitrogens with zero attached hydrogens (tertiary/aromatic N) is 1. The molecule has 0 aliphatic heterocycles. The Labute approximate surface area is 113 Å². The van der Waals surface area contributed by atoms with Crippen molar-refractivity contribution in [1.29, 1.82) is 0 Å². The van der Waals surface area contributed by atoms with E-state index in [0.29, 0.717) is 12.1 Å². The zero-order chi connectivity index (χ0) is 13.7. The Kier molecular flexibility index (Phi) is 5.27. The third-order valence-electron chi connectivity index (χ3n) is 2.38. The molecule has 0 aliphatic rings. The van der Waals surface area contributed by atoms with Crippen LogP contribution in [0.15, 0.2) is 22.7 Å². The van der Waals surface area contributed by atoms with Gasteiger partial charge in [0.2, 0.25) is 0 Å². The van der Waals surface area contributed by atoms with Gasteiger partial charge >= 0.3 is 5.97 Å². The summed E-state index contributed by atoms with van der Waals surface area (Å²) >= 11 is 3.01. The van der Waals surface area contributed by atoms with Crippen LogP contribution in [0.5, 0.6) is 0 Å². The Bertz CT molecular complexity index is 465. The molecule has 0 fully saturated rings. The zero-order valence-corrected chi connectivity index (χ0v) is 11.7. The molecule has 0 saturated carbocycles. The summed E-state index contributed by atoms with van der Waals surface area (Å²) in [6, 6.07) is 3.96. The maximum atomic E-state index is 13.1. The molecule has 1 amide bonds. The summed E-state index contributed by atoms with van der Waals surface area (Å²) in [6.07, 6.45) is 0. The number of esters is 1. The Balaban J connectivity index is 2.89. The first kappa shape index (κ1) is 14.6. The summed E-state index contributed by atoms with van der Waals surface area (Å²) < 4.78 is 17.8. The number of hydrogen-bond donors (Lipinski definition) is 0. The Morgan fingerprint density at radius 3 is 2.61 bits per heavy atom. The summed E-state index contributed by atoms with van der Waals surface area (Å²) in [7, 11) is 1.26. The molecule has 0 aromatic heterocycles. The summed E-state index contributed by atoms with van der Waals surface area (Å²) in [4.78, 5) is 24.5.